The Hall–Kier alpha value is -4.53. The van der Waals surface area contributed by atoms with Crippen LogP contribution in [0.2, 0.25) is 0 Å². The maximum Gasteiger partial charge on any atom is 0.442 e. The lowest BCUT2D eigenvalue weighted by atomic mass is 10.1. The molecule has 43 heavy (non-hydrogen) atoms. The molecule has 4 aromatic rings. The average Bonchev–Trinajstić information content (AvgIpc) is 2.98. The molecule has 0 bridgehead atoms. The van der Waals surface area contributed by atoms with Crippen molar-refractivity contribution in [3.63, 3.8) is 0 Å². The summed E-state index contributed by atoms with van der Waals surface area (Å²) in [6.45, 7) is 3.43. The molecular weight excluding hydrogens is 592 g/mol. The molecule has 2 atom stereocenters. The summed E-state index contributed by atoms with van der Waals surface area (Å²) >= 11 is 0. The Morgan fingerprint density at radius 1 is 0.953 bits per heavy atom. The first-order valence-electron chi connectivity index (χ1n) is 13.2. The van der Waals surface area contributed by atoms with Gasteiger partial charge in [-0.25, -0.2) is 22.4 Å². The number of ether oxygens (including phenoxy) is 1. The summed E-state index contributed by atoms with van der Waals surface area (Å²) in [7, 11) is -6.73. The van der Waals surface area contributed by atoms with E-state index in [2.05, 4.69) is 29.7 Å². The third kappa shape index (κ3) is 8.28. The zero-order valence-electron chi connectivity index (χ0n) is 23.7. The van der Waals surface area contributed by atoms with Crippen LogP contribution in [-0.2, 0) is 24.5 Å². The van der Waals surface area contributed by atoms with Crippen molar-refractivity contribution < 1.29 is 27.3 Å². The Bertz CT molecular complexity index is 1790. The summed E-state index contributed by atoms with van der Waals surface area (Å²) < 4.78 is 49.2. The first-order valence-corrected chi connectivity index (χ1v) is 16.6. The maximum atomic E-state index is 12.9. The van der Waals surface area contributed by atoms with E-state index in [0.29, 0.717) is 33.2 Å². The monoisotopic (exact) mass is 624 g/mol. The fraction of sp³-hybridized carbons (Fsp3) is 0.207. The molecule has 4 rings (SSSR count). The number of carbonyl (C=O) groups excluding carboxylic acids is 1. The molecule has 4 N–H and O–H groups in total. The molecule has 3 aromatic carbocycles. The maximum absolute atomic E-state index is 12.9. The van der Waals surface area contributed by atoms with Gasteiger partial charge in [0, 0.05) is 40.3 Å². The van der Waals surface area contributed by atoms with E-state index in [1.807, 2.05) is 0 Å². The summed E-state index contributed by atoms with van der Waals surface area (Å²) in [5.74, 6) is 0.697. The van der Waals surface area contributed by atoms with E-state index in [1.165, 1.54) is 18.4 Å². The second kappa shape index (κ2) is 13.6. The zero-order valence-corrected chi connectivity index (χ0v) is 25.4. The fourth-order valence-corrected chi connectivity index (χ4v) is 6.00. The third-order valence-electron chi connectivity index (χ3n) is 6.01. The number of anilines is 4. The SMILES string of the molecule is CCOC(=O)N=S(C)(=O)c1ccc(Nc2ncc(-c3ccc(NS(=O)(=O)c4ccccc4)cc3)c(NC(C)CO)n2)cc1. The quantitative estimate of drug-likeness (QED) is 0.176. The predicted molar refractivity (Wildman–Crippen MR) is 166 cm³/mol. The van der Waals surface area contributed by atoms with E-state index >= 15 is 0 Å². The van der Waals surface area contributed by atoms with Gasteiger partial charge in [0.05, 0.1) is 27.8 Å². The van der Waals surface area contributed by atoms with Crippen molar-refractivity contribution in [3.05, 3.63) is 85.1 Å². The molecule has 0 aliphatic rings. The number of nitrogens with one attached hydrogen (secondary N) is 3. The second-order valence-electron chi connectivity index (χ2n) is 9.42. The topological polar surface area (TPSA) is 172 Å². The number of carbonyl (C=O) groups is 1. The average molecular weight is 625 g/mol. The number of aliphatic hydroxyl groups excluding tert-OH is 1. The minimum absolute atomic E-state index is 0.134. The lowest BCUT2D eigenvalue weighted by Crippen LogP contribution is -2.21. The standard InChI is InChI=1S/C29H32N6O6S2/c1-4-41-29(37)35-42(3,38)24-16-14-22(15-17-24)32-28-30-18-26(27(33-28)31-20(2)19-36)21-10-12-23(13-11-21)34-43(39,40)25-8-6-5-7-9-25/h5-18,20,34,36H,4,19H2,1-3H3,(H2,30,31,32,33). The molecule has 0 radical (unpaired) electrons. The van der Waals surface area contributed by atoms with Crippen LogP contribution in [0.5, 0.6) is 0 Å². The Morgan fingerprint density at radius 2 is 1.60 bits per heavy atom. The third-order valence-corrected chi connectivity index (χ3v) is 9.05. The Labute approximate surface area is 250 Å². The van der Waals surface area contributed by atoms with E-state index in [4.69, 9.17) is 4.74 Å². The molecule has 2 unspecified atom stereocenters. The number of nitrogens with zero attached hydrogens (tertiary/aromatic N) is 3. The normalized spacial score (nSPS) is 13.3. The Balaban J connectivity index is 1.56. The smallest absolute Gasteiger partial charge is 0.442 e. The lowest BCUT2D eigenvalue weighted by molar-refractivity contribution is 0.164. The van der Waals surface area contributed by atoms with Gasteiger partial charge < -0.3 is 20.5 Å². The van der Waals surface area contributed by atoms with E-state index in [-0.39, 0.29) is 30.1 Å². The van der Waals surface area contributed by atoms with Crippen molar-refractivity contribution in [2.24, 2.45) is 4.36 Å². The molecule has 0 saturated heterocycles. The molecule has 1 amide bonds. The molecule has 0 aliphatic carbocycles. The fourth-order valence-electron chi connectivity index (χ4n) is 3.84. The molecule has 0 spiro atoms. The zero-order chi connectivity index (χ0) is 31.0. The molecular formula is C29H32N6O6S2. The van der Waals surface area contributed by atoms with E-state index in [9.17, 15) is 22.5 Å². The summed E-state index contributed by atoms with van der Waals surface area (Å²) in [5.41, 5.74) is 2.33. The van der Waals surface area contributed by atoms with Gasteiger partial charge in [-0.05, 0) is 67.9 Å². The summed E-state index contributed by atoms with van der Waals surface area (Å²) in [4.78, 5) is 21.2. The minimum Gasteiger partial charge on any atom is -0.448 e. The van der Waals surface area contributed by atoms with Crippen LogP contribution in [-0.4, -0.2) is 59.3 Å². The number of aliphatic hydroxyl groups is 1. The number of aromatic nitrogens is 2. The van der Waals surface area contributed by atoms with Gasteiger partial charge in [-0.1, -0.05) is 30.3 Å². The van der Waals surface area contributed by atoms with E-state index in [1.54, 1.807) is 86.8 Å². The number of hydrogen-bond donors (Lipinski definition) is 4. The van der Waals surface area contributed by atoms with Crippen LogP contribution in [0.3, 0.4) is 0 Å². The molecule has 0 aliphatic heterocycles. The van der Waals surface area contributed by atoms with Crippen LogP contribution in [0.4, 0.5) is 27.9 Å². The highest BCUT2D eigenvalue weighted by Crippen LogP contribution is 2.30. The highest BCUT2D eigenvalue weighted by atomic mass is 32.2. The van der Waals surface area contributed by atoms with Gasteiger partial charge in [0.15, 0.2) is 0 Å². The van der Waals surface area contributed by atoms with Crippen LogP contribution in [0.1, 0.15) is 13.8 Å². The van der Waals surface area contributed by atoms with Crippen LogP contribution >= 0.6 is 0 Å². The minimum atomic E-state index is -3.74. The number of amides is 1. The van der Waals surface area contributed by atoms with Crippen LogP contribution in [0.15, 0.2) is 99.2 Å². The van der Waals surface area contributed by atoms with Gasteiger partial charge in [0.1, 0.15) is 5.82 Å². The first kappa shape index (κ1) is 31.4. The highest BCUT2D eigenvalue weighted by Gasteiger charge is 2.16. The van der Waals surface area contributed by atoms with Crippen molar-refractivity contribution in [1.29, 1.82) is 0 Å². The molecule has 1 aromatic heterocycles. The van der Waals surface area contributed by atoms with Gasteiger partial charge in [-0.2, -0.15) is 4.98 Å². The lowest BCUT2D eigenvalue weighted by Gasteiger charge is -2.17. The van der Waals surface area contributed by atoms with E-state index < -0.39 is 25.8 Å². The van der Waals surface area contributed by atoms with Crippen LogP contribution in [0, 0.1) is 0 Å². The number of benzene rings is 3. The van der Waals surface area contributed by atoms with Gasteiger partial charge in [0.25, 0.3) is 10.0 Å². The van der Waals surface area contributed by atoms with Crippen molar-refractivity contribution in [3.8, 4) is 11.1 Å². The molecule has 0 fully saturated rings. The summed E-state index contributed by atoms with van der Waals surface area (Å²) in [6.07, 6.45) is 2.08. The number of rotatable bonds is 11. The molecule has 14 heteroatoms. The first-order chi connectivity index (χ1) is 20.5. The van der Waals surface area contributed by atoms with Crippen molar-refractivity contribution in [2.75, 3.05) is 34.8 Å². The van der Waals surface area contributed by atoms with Gasteiger partial charge in [0.2, 0.25) is 5.95 Å². The second-order valence-corrected chi connectivity index (χ2v) is 13.4. The Kier molecular flexibility index (Phi) is 9.95. The molecule has 0 saturated carbocycles. The van der Waals surface area contributed by atoms with Gasteiger partial charge in [-0.15, -0.1) is 4.36 Å². The largest absolute Gasteiger partial charge is 0.448 e. The van der Waals surface area contributed by atoms with Crippen molar-refractivity contribution in [1.82, 2.24) is 9.97 Å². The van der Waals surface area contributed by atoms with Gasteiger partial charge >= 0.3 is 6.09 Å². The Morgan fingerprint density at radius 3 is 2.23 bits per heavy atom. The van der Waals surface area contributed by atoms with Crippen LogP contribution < -0.4 is 15.4 Å². The van der Waals surface area contributed by atoms with E-state index in [0.717, 1.165) is 0 Å². The number of sulfonamides is 1. The number of hydrogen-bond acceptors (Lipinski definition) is 10. The van der Waals surface area contributed by atoms with Gasteiger partial charge in [-0.3, -0.25) is 4.72 Å². The van der Waals surface area contributed by atoms with Crippen molar-refractivity contribution >= 4 is 49.0 Å². The molecule has 226 valence electrons. The predicted octanol–water partition coefficient (Wildman–Crippen LogP) is 5.09. The van der Waals surface area contributed by atoms with Crippen LogP contribution in [0.25, 0.3) is 11.1 Å². The molecule has 12 nitrogen and oxygen atoms in total. The summed E-state index contributed by atoms with van der Waals surface area (Å²) in [5, 5.41) is 15.9. The molecule has 1 heterocycles. The summed E-state index contributed by atoms with van der Waals surface area (Å²) in [6, 6.07) is 21.0. The highest BCUT2D eigenvalue weighted by molar-refractivity contribution is 7.93. The van der Waals surface area contributed by atoms with Crippen molar-refractivity contribution in [2.45, 2.75) is 29.7 Å².